The Balaban J connectivity index is 1.23. The third-order valence-corrected chi connectivity index (χ3v) is 16.6. The number of allylic oxidation sites excluding steroid dienone is 2. The van der Waals surface area contributed by atoms with E-state index in [9.17, 15) is 46.0 Å². The quantitative estimate of drug-likeness (QED) is 0.115. The van der Waals surface area contributed by atoms with E-state index >= 15 is 0 Å². The molecule has 9 N–H and O–H groups in total. The molecule has 4 saturated carbocycles. The molecule has 2 saturated heterocycles. The second-order valence-electron chi connectivity index (χ2n) is 20.1. The number of rotatable bonds is 10. The van der Waals surface area contributed by atoms with E-state index in [1.165, 1.54) is 5.57 Å². The molecule has 2 aliphatic heterocycles. The summed E-state index contributed by atoms with van der Waals surface area (Å²) in [5, 5.41) is 97.4. The van der Waals surface area contributed by atoms with Gasteiger partial charge in [-0.25, -0.2) is 0 Å². The fourth-order valence-corrected chi connectivity index (χ4v) is 13.3. The first kappa shape index (κ1) is 43.8. The molecule has 0 aromatic carbocycles. The van der Waals surface area contributed by atoms with Crippen molar-refractivity contribution in [2.24, 2.45) is 45.3 Å². The molecule has 0 spiro atoms. The molecule has 4 aliphatic carbocycles. The summed E-state index contributed by atoms with van der Waals surface area (Å²) in [7, 11) is 0. The summed E-state index contributed by atoms with van der Waals surface area (Å²) in [5.41, 5.74) is -0.405. The van der Waals surface area contributed by atoms with Crippen LogP contribution in [-0.4, -0.2) is 138 Å². The third-order valence-electron chi connectivity index (χ3n) is 16.6. The van der Waals surface area contributed by atoms with Crippen LogP contribution in [0.5, 0.6) is 0 Å². The number of aliphatic hydroxyl groups excluding tert-OH is 8. The second kappa shape index (κ2) is 15.7. The lowest BCUT2D eigenvalue weighted by molar-refractivity contribution is -0.378. The van der Waals surface area contributed by atoms with E-state index in [1.54, 1.807) is 0 Å². The topological polar surface area (TPSA) is 219 Å². The minimum atomic E-state index is -1.75. The lowest BCUT2D eigenvalue weighted by Gasteiger charge is -2.70. The molecule has 6 fully saturated rings. The van der Waals surface area contributed by atoms with E-state index in [1.807, 2.05) is 6.92 Å². The van der Waals surface area contributed by atoms with Crippen LogP contribution >= 0.6 is 0 Å². The molecule has 0 aromatic rings. The lowest BCUT2D eigenvalue weighted by atomic mass is 9.35. The maximum absolute atomic E-state index is 12.2. The Labute approximate surface area is 327 Å². The van der Waals surface area contributed by atoms with Gasteiger partial charge in [0.25, 0.3) is 0 Å². The average molecular weight is 785 g/mol. The maximum Gasteiger partial charge on any atom is 0.187 e. The first-order valence-electron chi connectivity index (χ1n) is 20.9. The number of fused-ring (bicyclic) bond motifs is 5. The summed E-state index contributed by atoms with van der Waals surface area (Å²) in [5.74, 6) is 0.445. The van der Waals surface area contributed by atoms with Crippen molar-refractivity contribution in [3.8, 4) is 0 Å². The van der Waals surface area contributed by atoms with Gasteiger partial charge in [0, 0.05) is 0 Å². The molecule has 0 bridgehead atoms. The molecule has 0 amide bonds. The second-order valence-corrected chi connectivity index (χ2v) is 20.1. The Morgan fingerprint density at radius 2 is 1.33 bits per heavy atom. The summed E-state index contributed by atoms with van der Waals surface area (Å²) in [6.07, 6.45) is -6.48. The van der Waals surface area contributed by atoms with Crippen molar-refractivity contribution in [3.05, 3.63) is 11.6 Å². The van der Waals surface area contributed by atoms with Gasteiger partial charge in [-0.1, -0.05) is 46.3 Å². The van der Waals surface area contributed by atoms with Crippen molar-refractivity contribution in [1.29, 1.82) is 0 Å². The van der Waals surface area contributed by atoms with Crippen LogP contribution in [0.3, 0.4) is 0 Å². The Kier molecular flexibility index (Phi) is 12.5. The van der Waals surface area contributed by atoms with Gasteiger partial charge in [-0.3, -0.25) is 0 Å². The van der Waals surface area contributed by atoms with Crippen LogP contribution < -0.4 is 0 Å². The summed E-state index contributed by atoms with van der Waals surface area (Å²) in [6.45, 7) is 16.5. The lowest BCUT2D eigenvalue weighted by Crippen LogP contribution is -2.68. The van der Waals surface area contributed by atoms with Crippen LogP contribution in [-0.2, 0) is 18.9 Å². The minimum Gasteiger partial charge on any atom is -0.394 e. The molecular weight excluding hydrogens is 712 g/mol. The molecule has 2 heterocycles. The van der Waals surface area contributed by atoms with Gasteiger partial charge >= 0.3 is 0 Å². The first-order valence-corrected chi connectivity index (χ1v) is 20.9. The van der Waals surface area contributed by atoms with Crippen LogP contribution in [0.4, 0.5) is 0 Å². The van der Waals surface area contributed by atoms with E-state index in [0.29, 0.717) is 19.3 Å². The van der Waals surface area contributed by atoms with Gasteiger partial charge in [-0.15, -0.1) is 0 Å². The van der Waals surface area contributed by atoms with E-state index in [0.717, 1.165) is 38.5 Å². The maximum atomic E-state index is 12.2. The molecule has 318 valence electrons. The van der Waals surface area contributed by atoms with Crippen molar-refractivity contribution in [1.82, 2.24) is 0 Å². The zero-order chi connectivity index (χ0) is 40.6. The zero-order valence-corrected chi connectivity index (χ0v) is 34.3. The smallest absolute Gasteiger partial charge is 0.187 e. The highest BCUT2D eigenvalue weighted by Crippen LogP contribution is 2.76. The molecular formula is C42H72O13. The highest BCUT2D eigenvalue weighted by atomic mass is 16.8. The highest BCUT2D eigenvalue weighted by Gasteiger charge is 2.71. The van der Waals surface area contributed by atoms with Gasteiger partial charge in [0.05, 0.1) is 31.0 Å². The predicted octanol–water partition coefficient (Wildman–Crippen LogP) is 2.15. The van der Waals surface area contributed by atoms with Crippen LogP contribution in [0.25, 0.3) is 0 Å². The summed E-state index contributed by atoms with van der Waals surface area (Å²) >= 11 is 0. The van der Waals surface area contributed by atoms with Crippen LogP contribution in [0.1, 0.15) is 113 Å². The normalized spacial score (nSPS) is 52.0. The van der Waals surface area contributed by atoms with Crippen LogP contribution in [0.2, 0.25) is 0 Å². The molecule has 6 aliphatic rings. The van der Waals surface area contributed by atoms with E-state index in [2.05, 4.69) is 54.5 Å². The fourth-order valence-electron chi connectivity index (χ4n) is 13.3. The molecule has 13 nitrogen and oxygen atoms in total. The van der Waals surface area contributed by atoms with E-state index < -0.39 is 97.8 Å². The Bertz CT molecular complexity index is 1370. The average Bonchev–Trinajstić information content (AvgIpc) is 3.50. The van der Waals surface area contributed by atoms with Gasteiger partial charge in [-0.2, -0.15) is 0 Å². The highest BCUT2D eigenvalue weighted by molar-refractivity contribution is 5.20. The summed E-state index contributed by atoms with van der Waals surface area (Å²) in [4.78, 5) is 0. The number of ether oxygens (including phenoxy) is 4. The van der Waals surface area contributed by atoms with Crippen molar-refractivity contribution in [3.63, 3.8) is 0 Å². The summed E-state index contributed by atoms with van der Waals surface area (Å²) < 4.78 is 24.4. The fraction of sp³-hybridized carbons (Fsp3) is 0.952. The Morgan fingerprint density at radius 1 is 0.727 bits per heavy atom. The SMILES string of the molecule is CC(C)=CCC[C@@](C)(O)[C@H]1CC[C@]2(C)[C@@H]1[C@H](O)C[C@H]1[C@@]3(C)CC[C@H](O[C@@H]4O[C@H](CO)[C@@H](O)[C@H](O)[C@H]4O[C@@H]4O[C@H](CO)[C@@H](O)[C@H](O)[C@H]4O)C(C)(C)[C@@H]3CC[C@]12C. The first-order chi connectivity index (χ1) is 25.6. The molecule has 6 rings (SSSR count). The van der Waals surface area contributed by atoms with Crippen LogP contribution in [0, 0.1) is 45.3 Å². The Hall–Kier alpha value is -0.780. The standard InChI is InChI=1S/C42H72O13/c1-21(2)10-9-14-42(8,51)22-11-16-41(7)29(22)23(45)18-27-39(5)15-13-28(38(3,4)26(39)12-17-40(27,41)6)54-37-35(33(49)31(47)25(20-44)53-37)55-36-34(50)32(48)30(46)24(19-43)52-36/h10,22-37,43-51H,9,11-20H2,1-8H3/t22-,23+,24+,25+,26-,27-,28-,29-,30+,31+,32-,33-,34+,35+,36-,37-,39-,40+,41+,42+/m0/s1. The van der Waals surface area contributed by atoms with Crippen molar-refractivity contribution < 1.29 is 64.9 Å². The minimum absolute atomic E-state index is 0.00798. The number of hydrogen-bond acceptors (Lipinski definition) is 13. The summed E-state index contributed by atoms with van der Waals surface area (Å²) in [6, 6.07) is 0. The van der Waals surface area contributed by atoms with Crippen molar-refractivity contribution >= 4 is 0 Å². The van der Waals surface area contributed by atoms with Gasteiger partial charge < -0.3 is 64.9 Å². The Morgan fingerprint density at radius 3 is 1.95 bits per heavy atom. The van der Waals surface area contributed by atoms with Gasteiger partial charge in [0.2, 0.25) is 0 Å². The molecule has 0 radical (unpaired) electrons. The number of aliphatic hydroxyl groups is 9. The molecule has 20 atom stereocenters. The molecule has 0 aromatic heterocycles. The van der Waals surface area contributed by atoms with Crippen molar-refractivity contribution in [2.45, 2.75) is 192 Å². The monoisotopic (exact) mass is 784 g/mol. The molecule has 0 unspecified atom stereocenters. The van der Waals surface area contributed by atoms with Crippen LogP contribution in [0.15, 0.2) is 11.6 Å². The van der Waals surface area contributed by atoms with E-state index in [4.69, 9.17) is 18.9 Å². The number of hydrogen-bond donors (Lipinski definition) is 9. The van der Waals surface area contributed by atoms with Gasteiger partial charge in [0.1, 0.15) is 48.8 Å². The van der Waals surface area contributed by atoms with Gasteiger partial charge in [-0.05, 0) is 124 Å². The largest absolute Gasteiger partial charge is 0.394 e. The molecule has 55 heavy (non-hydrogen) atoms. The predicted molar refractivity (Wildman–Crippen MR) is 201 cm³/mol. The molecule has 13 heteroatoms. The van der Waals surface area contributed by atoms with Crippen molar-refractivity contribution in [2.75, 3.05) is 13.2 Å². The van der Waals surface area contributed by atoms with E-state index in [-0.39, 0.29) is 39.9 Å². The zero-order valence-electron chi connectivity index (χ0n) is 34.3. The third kappa shape index (κ3) is 7.20. The van der Waals surface area contributed by atoms with Gasteiger partial charge in [0.15, 0.2) is 12.6 Å².